The van der Waals surface area contributed by atoms with Gasteiger partial charge in [-0.2, -0.15) is 0 Å². The number of urea groups is 1. The number of carbonyl (C=O) groups is 1. The van der Waals surface area contributed by atoms with Gasteiger partial charge < -0.3 is 10.3 Å². The molecule has 2 aromatic carbocycles. The minimum atomic E-state index is -4.03. The van der Waals surface area contributed by atoms with Crippen molar-refractivity contribution in [3.8, 4) is 0 Å². The van der Waals surface area contributed by atoms with Crippen LogP contribution >= 0.6 is 11.6 Å². The number of halogens is 1. The van der Waals surface area contributed by atoms with Gasteiger partial charge in [0.15, 0.2) is 0 Å². The van der Waals surface area contributed by atoms with E-state index in [-0.39, 0.29) is 4.90 Å². The fraction of sp³-hybridized carbons (Fsp3) is 0.400. The molecule has 1 unspecified atom stereocenters. The van der Waals surface area contributed by atoms with Crippen molar-refractivity contribution in [2.45, 2.75) is 63.3 Å². The van der Waals surface area contributed by atoms with Crippen molar-refractivity contribution in [2.75, 3.05) is 6.54 Å². The summed E-state index contributed by atoms with van der Waals surface area (Å²) < 4.78 is 28.3. The van der Waals surface area contributed by atoms with Crippen LogP contribution in [0.3, 0.4) is 0 Å². The molecule has 11 heteroatoms. The SMILES string of the molecule is CCCCNC(=O)NS(=O)(=O)c1ccc(CC(CCCC)n2c(=O)[nH]c3ccc(Cl)cc3c2=O)cc1. The minimum Gasteiger partial charge on any atom is -0.337 e. The minimum absolute atomic E-state index is 0.0580. The Morgan fingerprint density at radius 1 is 1.06 bits per heavy atom. The summed E-state index contributed by atoms with van der Waals surface area (Å²) in [6.07, 6.45) is 4.24. The van der Waals surface area contributed by atoms with Crippen molar-refractivity contribution in [1.82, 2.24) is 19.6 Å². The average molecular weight is 535 g/mol. The van der Waals surface area contributed by atoms with Gasteiger partial charge in [0, 0.05) is 17.6 Å². The van der Waals surface area contributed by atoms with Crippen LogP contribution in [0.1, 0.15) is 57.6 Å². The first-order chi connectivity index (χ1) is 17.2. The number of benzene rings is 2. The number of nitrogens with zero attached hydrogens (tertiary/aromatic N) is 1. The highest BCUT2D eigenvalue weighted by Gasteiger charge is 2.20. The highest BCUT2D eigenvalue weighted by atomic mass is 35.5. The fourth-order valence-electron chi connectivity index (χ4n) is 3.97. The van der Waals surface area contributed by atoms with E-state index in [4.69, 9.17) is 11.6 Å². The Hall–Kier alpha value is -3.11. The molecule has 0 bridgehead atoms. The van der Waals surface area contributed by atoms with E-state index in [1.165, 1.54) is 22.8 Å². The number of hydrogen-bond acceptors (Lipinski definition) is 5. The van der Waals surface area contributed by atoms with E-state index in [0.29, 0.717) is 35.3 Å². The summed E-state index contributed by atoms with van der Waals surface area (Å²) in [7, 11) is -4.03. The number of amides is 2. The number of rotatable bonds is 11. The molecule has 194 valence electrons. The van der Waals surface area contributed by atoms with E-state index >= 15 is 0 Å². The maximum absolute atomic E-state index is 13.2. The van der Waals surface area contributed by atoms with Gasteiger partial charge >= 0.3 is 11.7 Å². The van der Waals surface area contributed by atoms with Crippen molar-refractivity contribution >= 4 is 38.6 Å². The third kappa shape index (κ3) is 6.76. The predicted octanol–water partition coefficient (Wildman–Crippen LogP) is 4.11. The van der Waals surface area contributed by atoms with E-state index in [1.54, 1.807) is 24.3 Å². The van der Waals surface area contributed by atoms with Crippen molar-refractivity contribution < 1.29 is 13.2 Å². The molecule has 0 saturated carbocycles. The first kappa shape index (κ1) is 27.5. The number of H-pyrrole nitrogens is 1. The van der Waals surface area contributed by atoms with Gasteiger partial charge in [0.2, 0.25) is 0 Å². The lowest BCUT2D eigenvalue weighted by atomic mass is 10.0. The molecule has 0 fully saturated rings. The summed E-state index contributed by atoms with van der Waals surface area (Å²) >= 11 is 6.07. The number of aromatic amines is 1. The van der Waals surface area contributed by atoms with E-state index in [9.17, 15) is 22.8 Å². The van der Waals surface area contributed by atoms with Gasteiger partial charge in [0.1, 0.15) is 0 Å². The summed E-state index contributed by atoms with van der Waals surface area (Å²) in [5.41, 5.74) is 0.240. The maximum atomic E-state index is 13.2. The summed E-state index contributed by atoms with van der Waals surface area (Å²) in [5.74, 6) is 0. The normalized spacial score (nSPS) is 12.4. The number of nitrogens with one attached hydrogen (secondary N) is 3. The third-order valence-corrected chi connectivity index (χ3v) is 7.48. The Balaban J connectivity index is 1.86. The molecule has 3 N–H and O–H groups in total. The average Bonchev–Trinajstić information content (AvgIpc) is 2.83. The summed E-state index contributed by atoms with van der Waals surface area (Å²) in [6, 6.07) is 9.59. The van der Waals surface area contributed by atoms with Crippen LogP contribution in [0.2, 0.25) is 5.02 Å². The van der Waals surface area contributed by atoms with Crippen LogP contribution in [0.15, 0.2) is 56.9 Å². The van der Waals surface area contributed by atoms with Gasteiger partial charge in [-0.15, -0.1) is 0 Å². The molecule has 0 aliphatic carbocycles. The van der Waals surface area contributed by atoms with Crippen LogP contribution in [0.25, 0.3) is 10.9 Å². The van der Waals surface area contributed by atoms with Gasteiger partial charge in [0.25, 0.3) is 15.6 Å². The number of hydrogen-bond donors (Lipinski definition) is 3. The maximum Gasteiger partial charge on any atom is 0.329 e. The van der Waals surface area contributed by atoms with Crippen molar-refractivity contribution in [3.05, 3.63) is 73.9 Å². The Labute approximate surface area is 214 Å². The Bertz CT molecular complexity index is 1430. The van der Waals surface area contributed by atoms with Crippen LogP contribution in [0.4, 0.5) is 4.79 Å². The molecule has 3 aromatic rings. The first-order valence-electron chi connectivity index (χ1n) is 12.0. The van der Waals surface area contributed by atoms with E-state index < -0.39 is 33.3 Å². The second-order valence-corrected chi connectivity index (χ2v) is 10.8. The molecule has 2 amide bonds. The topological polar surface area (TPSA) is 130 Å². The summed E-state index contributed by atoms with van der Waals surface area (Å²) in [6.45, 7) is 4.37. The molecule has 0 spiro atoms. The number of sulfonamides is 1. The van der Waals surface area contributed by atoms with Gasteiger partial charge in [-0.05, 0) is 55.2 Å². The van der Waals surface area contributed by atoms with Crippen LogP contribution in [0.5, 0.6) is 0 Å². The van der Waals surface area contributed by atoms with Crippen LogP contribution in [0, 0.1) is 0 Å². The van der Waals surface area contributed by atoms with Crippen LogP contribution in [-0.4, -0.2) is 30.5 Å². The lowest BCUT2D eigenvalue weighted by Crippen LogP contribution is -2.39. The molecule has 9 nitrogen and oxygen atoms in total. The van der Waals surface area contributed by atoms with Crippen molar-refractivity contribution in [2.24, 2.45) is 0 Å². The summed E-state index contributed by atoms with van der Waals surface area (Å²) in [4.78, 5) is 40.7. The van der Waals surface area contributed by atoms with E-state index in [0.717, 1.165) is 31.2 Å². The Morgan fingerprint density at radius 2 is 1.75 bits per heavy atom. The number of unbranched alkanes of at least 4 members (excludes halogenated alkanes) is 2. The smallest absolute Gasteiger partial charge is 0.329 e. The first-order valence-corrected chi connectivity index (χ1v) is 13.9. The van der Waals surface area contributed by atoms with E-state index in [2.05, 4.69) is 10.3 Å². The molecule has 1 atom stereocenters. The number of carbonyl (C=O) groups excluding carboxylic acids is 1. The molecular weight excluding hydrogens is 504 g/mol. The monoisotopic (exact) mass is 534 g/mol. The zero-order chi connectivity index (χ0) is 26.3. The molecule has 3 rings (SSSR count). The quantitative estimate of drug-likeness (QED) is 0.319. The Morgan fingerprint density at radius 3 is 2.42 bits per heavy atom. The number of fused-ring (bicyclic) bond motifs is 1. The van der Waals surface area contributed by atoms with Gasteiger partial charge in [-0.1, -0.05) is 56.8 Å². The molecule has 1 heterocycles. The second-order valence-electron chi connectivity index (χ2n) is 8.65. The molecule has 0 aliphatic rings. The molecule has 0 aliphatic heterocycles. The number of aromatic nitrogens is 2. The standard InChI is InChI=1S/C25H31ClN4O5S/c1-3-5-7-19(30-23(31)21-16-18(26)10-13-22(21)28-25(30)33)15-17-8-11-20(12-9-17)36(34,35)29-24(32)27-14-6-4-2/h8-13,16,19H,3-7,14-15H2,1-2H3,(H,28,33)(H2,27,29,32). The lowest BCUT2D eigenvalue weighted by molar-refractivity contribution is 0.245. The second kappa shape index (κ2) is 12.2. The van der Waals surface area contributed by atoms with Gasteiger partial charge in [0.05, 0.1) is 15.8 Å². The molecular formula is C25H31ClN4O5S. The molecule has 36 heavy (non-hydrogen) atoms. The fourth-order valence-corrected chi connectivity index (χ4v) is 5.07. The zero-order valence-electron chi connectivity index (χ0n) is 20.3. The van der Waals surface area contributed by atoms with E-state index in [1.807, 2.05) is 18.6 Å². The van der Waals surface area contributed by atoms with Crippen molar-refractivity contribution in [3.63, 3.8) is 0 Å². The van der Waals surface area contributed by atoms with Crippen LogP contribution in [-0.2, 0) is 16.4 Å². The van der Waals surface area contributed by atoms with Gasteiger partial charge in [-0.3, -0.25) is 9.36 Å². The summed E-state index contributed by atoms with van der Waals surface area (Å²) in [5, 5.41) is 3.23. The molecule has 1 aromatic heterocycles. The highest BCUT2D eigenvalue weighted by molar-refractivity contribution is 7.90. The van der Waals surface area contributed by atoms with Crippen molar-refractivity contribution in [1.29, 1.82) is 0 Å². The zero-order valence-corrected chi connectivity index (χ0v) is 21.9. The third-order valence-electron chi connectivity index (χ3n) is 5.90. The molecule has 0 saturated heterocycles. The largest absolute Gasteiger partial charge is 0.337 e. The highest BCUT2D eigenvalue weighted by Crippen LogP contribution is 2.21. The predicted molar refractivity (Wildman–Crippen MR) is 141 cm³/mol. The lowest BCUT2D eigenvalue weighted by Gasteiger charge is -2.20. The van der Waals surface area contributed by atoms with Crippen LogP contribution < -0.4 is 21.3 Å². The molecule has 0 radical (unpaired) electrons. The van der Waals surface area contributed by atoms with Gasteiger partial charge in [-0.25, -0.2) is 22.7 Å². The Kier molecular flexibility index (Phi) is 9.33.